The minimum atomic E-state index is -0.672. The minimum absolute atomic E-state index is 0.0708. The molecule has 0 aliphatic carbocycles. The first kappa shape index (κ1) is 14.1. The summed E-state index contributed by atoms with van der Waals surface area (Å²) >= 11 is 17.9. The van der Waals surface area contributed by atoms with Crippen LogP contribution < -0.4 is 0 Å². The van der Waals surface area contributed by atoms with E-state index >= 15 is 0 Å². The Bertz CT molecular complexity index is 680. The van der Waals surface area contributed by atoms with Crippen LogP contribution in [0.1, 0.15) is 5.56 Å². The molecule has 0 amide bonds. The second-order valence-electron chi connectivity index (χ2n) is 3.76. The van der Waals surface area contributed by atoms with Crippen LogP contribution >= 0.6 is 34.8 Å². The average Bonchev–Trinajstić information content (AvgIpc) is 2.37. The first-order valence-electron chi connectivity index (χ1n) is 5.19. The molecule has 0 atom stereocenters. The van der Waals surface area contributed by atoms with Crippen molar-refractivity contribution < 1.29 is 4.39 Å². The van der Waals surface area contributed by atoms with E-state index in [1.165, 1.54) is 18.3 Å². The molecular formula is C13H6Cl3FN2. The smallest absolute Gasteiger partial charge is 0.217 e. The number of pyridine rings is 1. The summed E-state index contributed by atoms with van der Waals surface area (Å²) in [7, 11) is 0. The van der Waals surface area contributed by atoms with Gasteiger partial charge in [0, 0.05) is 27.9 Å². The van der Waals surface area contributed by atoms with Crippen molar-refractivity contribution >= 4 is 34.8 Å². The summed E-state index contributed by atoms with van der Waals surface area (Å²) in [6.45, 7) is 0. The maximum Gasteiger partial charge on any atom is 0.217 e. The van der Waals surface area contributed by atoms with Gasteiger partial charge in [0.1, 0.15) is 0 Å². The molecule has 96 valence electrons. The van der Waals surface area contributed by atoms with Gasteiger partial charge in [0.2, 0.25) is 5.95 Å². The van der Waals surface area contributed by atoms with Crippen LogP contribution in [0.15, 0.2) is 24.4 Å². The molecule has 0 bridgehead atoms. The second-order valence-corrected chi connectivity index (χ2v) is 4.98. The van der Waals surface area contributed by atoms with Crippen LogP contribution in [0.25, 0.3) is 11.1 Å². The molecular weight excluding hydrogens is 310 g/mol. The number of benzene rings is 1. The molecule has 0 aliphatic rings. The maximum atomic E-state index is 13.4. The summed E-state index contributed by atoms with van der Waals surface area (Å²) in [6, 6.07) is 6.52. The highest BCUT2D eigenvalue weighted by Crippen LogP contribution is 2.36. The topological polar surface area (TPSA) is 36.7 Å². The van der Waals surface area contributed by atoms with Gasteiger partial charge < -0.3 is 0 Å². The normalized spacial score (nSPS) is 10.3. The quantitative estimate of drug-likeness (QED) is 0.583. The fraction of sp³-hybridized carbons (Fsp3) is 0.0769. The number of nitrogens with zero attached hydrogens (tertiary/aromatic N) is 2. The van der Waals surface area contributed by atoms with Crippen LogP contribution in [0.5, 0.6) is 0 Å². The van der Waals surface area contributed by atoms with Crippen molar-refractivity contribution in [2.24, 2.45) is 0 Å². The monoisotopic (exact) mass is 314 g/mol. The number of hydrogen-bond acceptors (Lipinski definition) is 2. The minimum Gasteiger partial charge on any atom is -0.227 e. The third-order valence-electron chi connectivity index (χ3n) is 2.49. The first-order valence-corrected chi connectivity index (χ1v) is 6.32. The van der Waals surface area contributed by atoms with E-state index in [9.17, 15) is 4.39 Å². The van der Waals surface area contributed by atoms with Gasteiger partial charge in [-0.3, -0.25) is 0 Å². The summed E-state index contributed by atoms with van der Waals surface area (Å²) < 4.78 is 13.4. The van der Waals surface area contributed by atoms with Crippen molar-refractivity contribution in [2.75, 3.05) is 0 Å². The van der Waals surface area contributed by atoms with Crippen molar-refractivity contribution in [1.82, 2.24) is 4.98 Å². The SMILES string of the molecule is N#CCc1cc(-c2cc(Cl)cc(Cl)c2Cl)cnc1F. The van der Waals surface area contributed by atoms with Gasteiger partial charge in [-0.15, -0.1) is 0 Å². The molecule has 0 unspecified atom stereocenters. The van der Waals surface area contributed by atoms with Crippen LogP contribution in [-0.4, -0.2) is 4.98 Å². The lowest BCUT2D eigenvalue weighted by atomic mass is 10.0. The molecule has 1 heterocycles. The summed E-state index contributed by atoms with van der Waals surface area (Å²) in [5, 5.41) is 9.66. The highest BCUT2D eigenvalue weighted by atomic mass is 35.5. The molecule has 6 heteroatoms. The average molecular weight is 316 g/mol. The second kappa shape index (κ2) is 5.75. The van der Waals surface area contributed by atoms with Gasteiger partial charge in [-0.25, -0.2) is 4.98 Å². The zero-order chi connectivity index (χ0) is 14.0. The molecule has 1 aromatic heterocycles. The Hall–Kier alpha value is -1.34. The lowest BCUT2D eigenvalue weighted by Gasteiger charge is -2.08. The molecule has 0 spiro atoms. The predicted octanol–water partition coefficient (Wildman–Crippen LogP) is 4.91. The van der Waals surface area contributed by atoms with Gasteiger partial charge in [0.05, 0.1) is 22.5 Å². The first-order chi connectivity index (χ1) is 9.02. The summed E-state index contributed by atoms with van der Waals surface area (Å²) in [5.74, 6) is -0.672. The van der Waals surface area contributed by atoms with E-state index < -0.39 is 5.95 Å². The maximum absolute atomic E-state index is 13.4. The Morgan fingerprint density at radius 2 is 1.95 bits per heavy atom. The largest absolute Gasteiger partial charge is 0.227 e. The molecule has 0 radical (unpaired) electrons. The number of halogens is 4. The van der Waals surface area contributed by atoms with E-state index in [0.717, 1.165) is 0 Å². The Balaban J connectivity index is 2.60. The molecule has 19 heavy (non-hydrogen) atoms. The van der Waals surface area contributed by atoms with Gasteiger partial charge in [-0.2, -0.15) is 9.65 Å². The van der Waals surface area contributed by atoms with E-state index in [-0.39, 0.29) is 12.0 Å². The molecule has 0 N–H and O–H groups in total. The van der Waals surface area contributed by atoms with Crippen molar-refractivity contribution in [1.29, 1.82) is 5.26 Å². The molecule has 0 saturated heterocycles. The van der Waals surface area contributed by atoms with Crippen LogP contribution in [0.3, 0.4) is 0 Å². The van der Waals surface area contributed by atoms with E-state index in [2.05, 4.69) is 4.98 Å². The van der Waals surface area contributed by atoms with Gasteiger partial charge in [-0.05, 0) is 18.2 Å². The third-order valence-corrected chi connectivity index (χ3v) is 3.51. The molecule has 1 aromatic carbocycles. The van der Waals surface area contributed by atoms with Gasteiger partial charge >= 0.3 is 0 Å². The molecule has 0 saturated carbocycles. The summed E-state index contributed by atoms with van der Waals surface area (Å²) in [4.78, 5) is 3.61. The third kappa shape index (κ3) is 2.98. The summed E-state index contributed by atoms with van der Waals surface area (Å²) in [5.41, 5.74) is 1.30. The number of nitriles is 1. The van der Waals surface area contributed by atoms with Crippen molar-refractivity contribution in [3.63, 3.8) is 0 Å². The molecule has 0 fully saturated rings. The van der Waals surface area contributed by atoms with E-state index in [1.54, 1.807) is 6.07 Å². The van der Waals surface area contributed by atoms with Crippen LogP contribution in [0.2, 0.25) is 15.1 Å². The van der Waals surface area contributed by atoms with E-state index in [1.807, 2.05) is 6.07 Å². The van der Waals surface area contributed by atoms with Crippen molar-refractivity contribution in [2.45, 2.75) is 6.42 Å². The lowest BCUT2D eigenvalue weighted by Crippen LogP contribution is -1.94. The van der Waals surface area contributed by atoms with Crippen molar-refractivity contribution in [3.8, 4) is 17.2 Å². The Kier molecular flexibility index (Phi) is 4.26. The highest BCUT2D eigenvalue weighted by Gasteiger charge is 2.12. The van der Waals surface area contributed by atoms with Crippen LogP contribution in [0, 0.1) is 17.3 Å². The molecule has 2 aromatic rings. The predicted molar refractivity (Wildman–Crippen MR) is 74.0 cm³/mol. The summed E-state index contributed by atoms with van der Waals surface area (Å²) in [6.07, 6.45) is 1.25. The van der Waals surface area contributed by atoms with Crippen LogP contribution in [0.4, 0.5) is 4.39 Å². The molecule has 0 aliphatic heterocycles. The Morgan fingerprint density at radius 3 is 2.63 bits per heavy atom. The number of hydrogen-bond donors (Lipinski definition) is 0. The molecule has 2 nitrogen and oxygen atoms in total. The highest BCUT2D eigenvalue weighted by molar-refractivity contribution is 6.45. The standard InChI is InChI=1S/C13H6Cl3FN2/c14-9-4-10(12(16)11(15)5-9)8-3-7(1-2-18)13(17)19-6-8/h3-6H,1H2. The lowest BCUT2D eigenvalue weighted by molar-refractivity contribution is 0.571. The Labute approximate surface area is 124 Å². The zero-order valence-electron chi connectivity index (χ0n) is 9.42. The van der Waals surface area contributed by atoms with E-state index in [4.69, 9.17) is 40.1 Å². The van der Waals surface area contributed by atoms with Gasteiger partial charge in [0.25, 0.3) is 0 Å². The fourth-order valence-corrected chi connectivity index (χ4v) is 2.33. The van der Waals surface area contributed by atoms with Crippen molar-refractivity contribution in [3.05, 3.63) is 51.0 Å². The fourth-order valence-electron chi connectivity index (χ4n) is 1.62. The number of rotatable bonds is 2. The van der Waals surface area contributed by atoms with Gasteiger partial charge in [-0.1, -0.05) is 34.8 Å². The van der Waals surface area contributed by atoms with E-state index in [0.29, 0.717) is 26.2 Å². The zero-order valence-corrected chi connectivity index (χ0v) is 11.7. The number of aromatic nitrogens is 1. The Morgan fingerprint density at radius 1 is 1.21 bits per heavy atom. The van der Waals surface area contributed by atoms with Gasteiger partial charge in [0.15, 0.2) is 0 Å². The van der Waals surface area contributed by atoms with Crippen LogP contribution in [-0.2, 0) is 6.42 Å². The molecule has 2 rings (SSSR count).